The number of ketones is 4. The number of hydrogen-bond acceptors (Lipinski definition) is 12. The number of amides is 2. The minimum absolute atomic E-state index is 0. The number of nitrogens with zero attached hydrogens (tertiary/aromatic N) is 4. The van der Waals surface area contributed by atoms with Crippen LogP contribution >= 0.6 is 74.5 Å². The van der Waals surface area contributed by atoms with E-state index in [1.807, 2.05) is 12.1 Å². The molecule has 74 heavy (non-hydrogen) atoms. The van der Waals surface area contributed by atoms with Crippen LogP contribution in [0.4, 0.5) is 0 Å². The SMILES string of the molecule is CC(=O)CCC(C(C)=O)N1Cc2c(OCc3ccc(CN4CCOCC4)cc3)cccc2C1=O.CC(=O)CCC(C(C)=O)N1Cc2c(OCc3ccc(CN4CCOCC4)cc3)cccc2C1=O.II.I[I-]I.O. The topological polar surface area (TPSA) is 184 Å². The Morgan fingerprint density at radius 1 is 0.554 bits per heavy atom. The third-order valence-electron chi connectivity index (χ3n) is 13.0. The van der Waals surface area contributed by atoms with Gasteiger partial charge in [0.25, 0.3) is 11.8 Å². The van der Waals surface area contributed by atoms with Crippen LogP contribution in [0.3, 0.4) is 0 Å². The molecule has 404 valence electrons. The van der Waals surface area contributed by atoms with E-state index in [9.17, 15) is 28.8 Å². The zero-order valence-electron chi connectivity index (χ0n) is 42.2. The number of fused-ring (bicyclic) bond motifs is 2. The summed E-state index contributed by atoms with van der Waals surface area (Å²) in [6.07, 6.45) is 1.24. The van der Waals surface area contributed by atoms with Gasteiger partial charge in [-0.25, -0.2) is 0 Å². The van der Waals surface area contributed by atoms with Crippen LogP contribution in [-0.4, -0.2) is 125 Å². The smallest absolute Gasteiger partial charge is 0.412 e. The summed E-state index contributed by atoms with van der Waals surface area (Å²) in [6.45, 7) is 16.2. The van der Waals surface area contributed by atoms with E-state index in [4.69, 9.17) is 18.9 Å². The van der Waals surface area contributed by atoms with Gasteiger partial charge in [-0.15, -0.1) is 0 Å². The molecule has 0 aromatic heterocycles. The Hall–Kier alpha value is -2.45. The monoisotopic (exact) mass is 1580 g/mol. The van der Waals surface area contributed by atoms with E-state index in [2.05, 4.69) is 133 Å². The number of Topliss-reactive ketones (excluding diaryl/α,β-unsaturated/α-hetero) is 4. The zero-order chi connectivity index (χ0) is 52.9. The van der Waals surface area contributed by atoms with Crippen molar-refractivity contribution < 1.29 is 66.4 Å². The van der Waals surface area contributed by atoms with Gasteiger partial charge in [0.15, 0.2) is 11.6 Å². The van der Waals surface area contributed by atoms with Gasteiger partial charge >= 0.3 is 50.5 Å². The van der Waals surface area contributed by atoms with Crippen molar-refractivity contribution in [3.05, 3.63) is 129 Å². The second-order valence-corrected chi connectivity index (χ2v) is 34.5. The summed E-state index contributed by atoms with van der Waals surface area (Å²) in [5.41, 5.74) is 7.33. The largest absolute Gasteiger partial charge is 0.412 e. The molecule has 4 aliphatic rings. The van der Waals surface area contributed by atoms with Crippen LogP contribution in [0.25, 0.3) is 0 Å². The molecule has 0 saturated carbocycles. The van der Waals surface area contributed by atoms with Gasteiger partial charge in [-0.05, 0) is 87.1 Å². The van der Waals surface area contributed by atoms with E-state index in [1.165, 1.54) is 38.8 Å². The molecule has 2 unspecified atom stereocenters. The third-order valence-corrected chi connectivity index (χ3v) is 13.0. The average Bonchev–Trinajstić information content (AvgIpc) is 3.90. The normalized spacial score (nSPS) is 15.9. The number of benzene rings is 4. The Morgan fingerprint density at radius 2 is 0.878 bits per heavy atom. The number of halogens is 5. The van der Waals surface area contributed by atoms with Crippen molar-refractivity contribution in [2.24, 2.45) is 0 Å². The van der Waals surface area contributed by atoms with Gasteiger partial charge in [0, 0.05) is 112 Å². The van der Waals surface area contributed by atoms with Gasteiger partial charge in [-0.2, -0.15) is 0 Å². The summed E-state index contributed by atoms with van der Waals surface area (Å²) in [7, 11) is 0. The summed E-state index contributed by atoms with van der Waals surface area (Å²) in [6, 6.07) is 26.5. The summed E-state index contributed by atoms with van der Waals surface area (Å²) >= 11 is 9.54. The van der Waals surface area contributed by atoms with Gasteiger partial charge in [0.1, 0.15) is 36.3 Å². The molecular weight excluding hydrogens is 1520 g/mol. The zero-order valence-corrected chi connectivity index (χ0v) is 53.0. The Morgan fingerprint density at radius 3 is 1.19 bits per heavy atom. The standard InChI is InChI=1S/2C27H32N2O5.I3.I2.H2O/c2*1-19(30)6-11-25(20(2)31)29-17-24-23(27(29)32)4-3-5-26(24)34-18-22-9-7-21(8-10-22)16-28-12-14-33-15-13-28;1-3-2;1-2;/h2*3-5,7-10,25H,6,11-18H2,1-2H3;;;1H2/q;;-1;;. The predicted molar refractivity (Wildman–Crippen MR) is 315 cm³/mol. The first-order valence-electron chi connectivity index (χ1n) is 24.1. The molecule has 4 aromatic carbocycles. The fourth-order valence-electron chi connectivity index (χ4n) is 9.10. The van der Waals surface area contributed by atoms with Crippen LogP contribution < -0.4 is 22.7 Å². The number of carbonyl (C=O) groups is 6. The molecule has 8 rings (SSSR count). The molecule has 0 bridgehead atoms. The molecule has 0 radical (unpaired) electrons. The van der Waals surface area contributed by atoms with Crippen LogP contribution in [0.15, 0.2) is 84.9 Å². The minimum Gasteiger partial charge on any atom is -0.412 e. The number of rotatable bonds is 20. The predicted octanol–water partition coefficient (Wildman–Crippen LogP) is 6.48. The molecule has 2 saturated heterocycles. The molecule has 2 amide bonds. The van der Waals surface area contributed by atoms with Gasteiger partial charge < -0.3 is 43.8 Å². The second kappa shape index (κ2) is 33.8. The van der Waals surface area contributed by atoms with Gasteiger partial charge in [0.05, 0.1) is 51.6 Å². The van der Waals surface area contributed by atoms with Gasteiger partial charge in [0.2, 0.25) is 0 Å². The van der Waals surface area contributed by atoms with Crippen molar-refractivity contribution in [1.29, 1.82) is 0 Å². The molecule has 0 aliphatic carbocycles. The molecule has 4 heterocycles. The van der Waals surface area contributed by atoms with E-state index in [1.54, 1.807) is 34.1 Å². The third kappa shape index (κ3) is 19.5. The van der Waals surface area contributed by atoms with E-state index >= 15 is 0 Å². The molecule has 20 heteroatoms. The Bertz CT molecular complexity index is 2300. The minimum atomic E-state index is -0.601. The Kier molecular flexibility index (Phi) is 29.2. The maximum Gasteiger partial charge on any atom is -0.412 e. The number of hydrogen-bond donors (Lipinski definition) is 0. The Labute approximate surface area is 488 Å². The van der Waals surface area contributed by atoms with Crippen molar-refractivity contribution >= 4 is 109 Å². The first kappa shape index (κ1) is 64.1. The summed E-state index contributed by atoms with van der Waals surface area (Å²) in [4.78, 5) is 81.4. The fraction of sp³-hybridized carbons (Fsp3) is 0.444. The van der Waals surface area contributed by atoms with Crippen molar-refractivity contribution in [1.82, 2.24) is 19.6 Å². The second-order valence-electron chi connectivity index (χ2n) is 18.2. The maximum absolute atomic E-state index is 13.0. The summed E-state index contributed by atoms with van der Waals surface area (Å²) in [5, 5.41) is 0. The molecule has 0 spiro atoms. The van der Waals surface area contributed by atoms with Crippen LogP contribution in [-0.2, 0) is 68.0 Å². The van der Waals surface area contributed by atoms with E-state index in [0.29, 0.717) is 75.0 Å². The average molecular weight is 1580 g/mol. The molecule has 2 N–H and O–H groups in total. The molecule has 4 aliphatic heterocycles. The van der Waals surface area contributed by atoms with Crippen LogP contribution in [0.5, 0.6) is 11.5 Å². The van der Waals surface area contributed by atoms with Crippen molar-refractivity contribution in [2.75, 3.05) is 52.6 Å². The molecule has 15 nitrogen and oxygen atoms in total. The summed E-state index contributed by atoms with van der Waals surface area (Å²) in [5.74, 6) is 0.738. The summed E-state index contributed by atoms with van der Waals surface area (Å²) < 4.78 is 23.0. The molecule has 2 atom stereocenters. The fourth-order valence-corrected chi connectivity index (χ4v) is 9.10. The Balaban J connectivity index is 0.000000291. The van der Waals surface area contributed by atoms with Gasteiger partial charge in [-0.1, -0.05) is 60.7 Å². The van der Waals surface area contributed by atoms with E-state index < -0.39 is 12.1 Å². The van der Waals surface area contributed by atoms with Gasteiger partial charge in [-0.3, -0.25) is 29.0 Å². The molecule has 4 aromatic rings. The van der Waals surface area contributed by atoms with E-state index in [-0.39, 0.29) is 53.3 Å². The molecular formula is C54H66I5N4O11-. The van der Waals surface area contributed by atoms with Crippen molar-refractivity contribution in [3.63, 3.8) is 0 Å². The maximum atomic E-state index is 13.0. The molecule has 2 fully saturated rings. The van der Waals surface area contributed by atoms with Crippen molar-refractivity contribution in [2.45, 2.75) is 105 Å². The first-order chi connectivity index (χ1) is 35.3. The van der Waals surface area contributed by atoms with Crippen LogP contribution in [0.2, 0.25) is 0 Å². The number of carbonyl (C=O) groups excluding carboxylic acids is 6. The number of morpholine rings is 2. The first-order valence-corrected chi connectivity index (χ1v) is 43.0. The number of ether oxygens (including phenoxy) is 4. The van der Waals surface area contributed by atoms with Crippen molar-refractivity contribution in [3.8, 4) is 11.5 Å². The van der Waals surface area contributed by atoms with E-state index in [0.717, 1.165) is 87.9 Å². The van der Waals surface area contributed by atoms with Crippen LogP contribution in [0, 0.1) is 0 Å². The quantitative estimate of drug-likeness (QED) is 0.0880. The van der Waals surface area contributed by atoms with Crippen LogP contribution in [0.1, 0.15) is 107 Å².